The van der Waals surface area contributed by atoms with E-state index in [4.69, 9.17) is 9.47 Å². The second-order valence-electron chi connectivity index (χ2n) is 7.01. The van der Waals surface area contributed by atoms with E-state index in [0.717, 1.165) is 33.9 Å². The quantitative estimate of drug-likeness (QED) is 0.800. The lowest BCUT2D eigenvalue weighted by Crippen LogP contribution is -2.28. The van der Waals surface area contributed by atoms with Crippen LogP contribution in [-0.4, -0.2) is 25.6 Å². The number of rotatable bonds is 5. The Balaban J connectivity index is 1.91. The molecule has 1 N–H and O–H groups in total. The molecular formula is C21H24N2O4. The monoisotopic (exact) mass is 368 g/mol. The highest BCUT2D eigenvalue weighted by molar-refractivity contribution is 6.12. The zero-order valence-corrected chi connectivity index (χ0v) is 16.3. The Morgan fingerprint density at radius 1 is 1.07 bits per heavy atom. The van der Waals surface area contributed by atoms with Crippen molar-refractivity contribution < 1.29 is 19.1 Å². The average Bonchev–Trinajstić information content (AvgIpc) is 2.96. The van der Waals surface area contributed by atoms with Crippen LogP contribution in [-0.2, 0) is 4.79 Å². The summed E-state index contributed by atoms with van der Waals surface area (Å²) in [6.45, 7) is 8.10. The molecule has 6 heteroatoms. The van der Waals surface area contributed by atoms with E-state index in [1.165, 1.54) is 4.90 Å². The Bertz CT molecular complexity index is 882. The van der Waals surface area contributed by atoms with Crippen LogP contribution in [0.2, 0.25) is 0 Å². The summed E-state index contributed by atoms with van der Waals surface area (Å²) in [5, 5.41) is 2.29. The molecule has 0 spiro atoms. The van der Waals surface area contributed by atoms with E-state index < -0.39 is 6.03 Å². The molecule has 1 heterocycles. The van der Waals surface area contributed by atoms with E-state index in [0.29, 0.717) is 11.6 Å². The van der Waals surface area contributed by atoms with Crippen LogP contribution in [0, 0.1) is 13.8 Å². The minimum Gasteiger partial charge on any atom is -0.496 e. The van der Waals surface area contributed by atoms with Crippen molar-refractivity contribution in [2.75, 3.05) is 18.6 Å². The van der Waals surface area contributed by atoms with Gasteiger partial charge in [-0.15, -0.1) is 0 Å². The van der Waals surface area contributed by atoms with Crippen LogP contribution in [0.3, 0.4) is 0 Å². The van der Waals surface area contributed by atoms with Gasteiger partial charge in [0.25, 0.3) is 0 Å². The molecule has 0 atom stereocenters. The number of hydrogen-bond donors (Lipinski definition) is 1. The number of ether oxygens (including phenoxy) is 2. The molecule has 2 aromatic carbocycles. The van der Waals surface area contributed by atoms with Gasteiger partial charge in [-0.3, -0.25) is 15.0 Å². The third-order valence-corrected chi connectivity index (χ3v) is 4.59. The fourth-order valence-corrected chi connectivity index (χ4v) is 3.24. The van der Waals surface area contributed by atoms with Gasteiger partial charge in [0.1, 0.15) is 23.8 Å². The summed E-state index contributed by atoms with van der Waals surface area (Å²) >= 11 is 0. The molecular weight excluding hydrogens is 344 g/mol. The molecule has 0 saturated carbocycles. The normalized spacial score (nSPS) is 13.9. The van der Waals surface area contributed by atoms with Crippen molar-refractivity contribution in [2.45, 2.75) is 33.6 Å². The van der Waals surface area contributed by atoms with Crippen molar-refractivity contribution in [3.05, 3.63) is 47.0 Å². The predicted octanol–water partition coefficient (Wildman–Crippen LogP) is 4.28. The minimum atomic E-state index is -0.399. The molecule has 1 aliphatic heterocycles. The summed E-state index contributed by atoms with van der Waals surface area (Å²) in [5.74, 6) is 2.32. The van der Waals surface area contributed by atoms with Crippen LogP contribution >= 0.6 is 0 Å². The van der Waals surface area contributed by atoms with Gasteiger partial charge >= 0.3 is 6.03 Å². The predicted molar refractivity (Wildman–Crippen MR) is 104 cm³/mol. The third-order valence-electron chi connectivity index (χ3n) is 4.59. The number of imide groups is 1. The molecule has 0 radical (unpaired) electrons. The molecule has 27 heavy (non-hydrogen) atoms. The number of anilines is 1. The van der Waals surface area contributed by atoms with Crippen molar-refractivity contribution in [2.24, 2.45) is 0 Å². The molecule has 1 fully saturated rings. The number of amides is 3. The van der Waals surface area contributed by atoms with Crippen molar-refractivity contribution in [1.82, 2.24) is 5.32 Å². The zero-order valence-electron chi connectivity index (χ0n) is 16.3. The van der Waals surface area contributed by atoms with Crippen LogP contribution in [0.25, 0.3) is 0 Å². The Labute approximate surface area is 159 Å². The van der Waals surface area contributed by atoms with Crippen molar-refractivity contribution in [1.29, 1.82) is 0 Å². The molecule has 0 unspecified atom stereocenters. The lowest BCUT2D eigenvalue weighted by molar-refractivity contribution is -0.117. The molecule has 1 saturated heterocycles. The first-order valence-corrected chi connectivity index (χ1v) is 8.88. The Morgan fingerprint density at radius 3 is 2.26 bits per heavy atom. The number of carbonyl (C=O) groups is 2. The molecule has 0 bridgehead atoms. The largest absolute Gasteiger partial charge is 0.496 e. The maximum atomic E-state index is 11.9. The fraction of sp³-hybridized carbons (Fsp3) is 0.333. The lowest BCUT2D eigenvalue weighted by atomic mass is 10.0. The first kappa shape index (κ1) is 18.8. The summed E-state index contributed by atoms with van der Waals surface area (Å²) < 4.78 is 11.6. The Kier molecular flexibility index (Phi) is 5.08. The fourth-order valence-electron chi connectivity index (χ4n) is 3.24. The summed E-state index contributed by atoms with van der Waals surface area (Å²) in [7, 11) is 1.66. The zero-order chi connectivity index (χ0) is 19.7. The van der Waals surface area contributed by atoms with Crippen LogP contribution in [0.15, 0.2) is 30.3 Å². The van der Waals surface area contributed by atoms with Crippen LogP contribution in [0.5, 0.6) is 17.2 Å². The van der Waals surface area contributed by atoms with Crippen LogP contribution in [0.1, 0.15) is 36.5 Å². The highest BCUT2D eigenvalue weighted by Gasteiger charge is 2.28. The van der Waals surface area contributed by atoms with Gasteiger partial charge in [-0.05, 0) is 61.2 Å². The molecule has 2 aromatic rings. The number of carbonyl (C=O) groups excluding carboxylic acids is 2. The van der Waals surface area contributed by atoms with Gasteiger partial charge in [-0.25, -0.2) is 4.79 Å². The topological polar surface area (TPSA) is 67.9 Å². The van der Waals surface area contributed by atoms with E-state index >= 15 is 0 Å². The Hall–Kier alpha value is -3.02. The number of urea groups is 1. The first-order valence-electron chi connectivity index (χ1n) is 8.88. The molecule has 3 amide bonds. The molecule has 6 nitrogen and oxygen atoms in total. The van der Waals surface area contributed by atoms with Crippen molar-refractivity contribution in [3.8, 4) is 17.2 Å². The Morgan fingerprint density at radius 2 is 1.74 bits per heavy atom. The highest BCUT2D eigenvalue weighted by atomic mass is 16.5. The second kappa shape index (κ2) is 7.31. The molecule has 3 rings (SSSR count). The van der Waals surface area contributed by atoms with Gasteiger partial charge in [-0.2, -0.15) is 0 Å². The number of aryl methyl sites for hydroxylation is 2. The van der Waals surface area contributed by atoms with Gasteiger partial charge in [0.15, 0.2) is 0 Å². The first-order chi connectivity index (χ1) is 12.8. The van der Waals surface area contributed by atoms with E-state index in [9.17, 15) is 9.59 Å². The minimum absolute atomic E-state index is 0.0359. The SMILES string of the molecule is COc1ccc(Oc2c(C)cc(N3CC(=O)NC3=O)cc2C)cc1C(C)C. The number of nitrogens with zero attached hydrogens (tertiary/aromatic N) is 1. The maximum absolute atomic E-state index is 11.9. The van der Waals surface area contributed by atoms with Gasteiger partial charge in [-0.1, -0.05) is 13.8 Å². The average molecular weight is 368 g/mol. The van der Waals surface area contributed by atoms with Crippen LogP contribution < -0.4 is 19.7 Å². The third kappa shape index (κ3) is 3.74. The lowest BCUT2D eigenvalue weighted by Gasteiger charge is -2.19. The molecule has 1 aliphatic rings. The second-order valence-corrected chi connectivity index (χ2v) is 7.01. The maximum Gasteiger partial charge on any atom is 0.329 e. The summed E-state index contributed by atoms with van der Waals surface area (Å²) in [5.41, 5.74) is 3.53. The van der Waals surface area contributed by atoms with Crippen LogP contribution in [0.4, 0.5) is 10.5 Å². The standard InChI is InChI=1S/C21H24N2O4/c1-12(2)17-10-16(6-7-18(17)26-5)27-20-13(3)8-15(9-14(20)4)23-11-19(24)22-21(23)25/h6-10,12H,11H2,1-5H3,(H,22,24,25). The molecule has 142 valence electrons. The van der Waals surface area contributed by atoms with E-state index in [2.05, 4.69) is 19.2 Å². The summed E-state index contributed by atoms with van der Waals surface area (Å²) in [6.07, 6.45) is 0. The number of methoxy groups -OCH3 is 1. The number of benzene rings is 2. The number of hydrogen-bond acceptors (Lipinski definition) is 4. The molecule has 0 aliphatic carbocycles. The van der Waals surface area contributed by atoms with Gasteiger partial charge in [0, 0.05) is 11.3 Å². The molecule has 0 aromatic heterocycles. The van der Waals surface area contributed by atoms with E-state index in [-0.39, 0.29) is 12.5 Å². The van der Waals surface area contributed by atoms with Gasteiger partial charge in [0.05, 0.1) is 7.11 Å². The van der Waals surface area contributed by atoms with Gasteiger partial charge < -0.3 is 9.47 Å². The summed E-state index contributed by atoms with van der Waals surface area (Å²) in [6, 6.07) is 9.08. The van der Waals surface area contributed by atoms with E-state index in [1.54, 1.807) is 7.11 Å². The smallest absolute Gasteiger partial charge is 0.329 e. The van der Waals surface area contributed by atoms with E-state index in [1.807, 2.05) is 44.2 Å². The number of nitrogens with one attached hydrogen (secondary N) is 1. The summed E-state index contributed by atoms with van der Waals surface area (Å²) in [4.78, 5) is 24.8. The highest BCUT2D eigenvalue weighted by Crippen LogP contribution is 2.36. The van der Waals surface area contributed by atoms with Crippen molar-refractivity contribution >= 4 is 17.6 Å². The van der Waals surface area contributed by atoms with Gasteiger partial charge in [0.2, 0.25) is 5.91 Å². The van der Waals surface area contributed by atoms with Crippen molar-refractivity contribution in [3.63, 3.8) is 0 Å².